The van der Waals surface area contributed by atoms with Crippen molar-refractivity contribution < 1.29 is 9.59 Å². The van der Waals surface area contributed by atoms with E-state index in [-0.39, 0.29) is 0 Å². The summed E-state index contributed by atoms with van der Waals surface area (Å²) in [5.41, 5.74) is 4.73. The van der Waals surface area contributed by atoms with Gasteiger partial charge in [0.1, 0.15) is 0 Å². The standard InChI is InChI=1S/C6H5BrN2O2S/c7-3-1-4(12-2-3)9-6(11)5(8)10/h1-2H,(H2,8,10)(H,9,11). The van der Waals surface area contributed by atoms with Gasteiger partial charge in [-0.2, -0.15) is 0 Å². The summed E-state index contributed by atoms with van der Waals surface area (Å²) in [4.78, 5) is 21.0. The predicted molar refractivity (Wildman–Crippen MR) is 49.8 cm³/mol. The Morgan fingerprint density at radius 1 is 1.58 bits per heavy atom. The maximum Gasteiger partial charge on any atom is 0.314 e. The third kappa shape index (κ3) is 2.31. The lowest BCUT2D eigenvalue weighted by molar-refractivity contribution is -0.134. The molecule has 0 radical (unpaired) electrons. The first-order valence-electron chi connectivity index (χ1n) is 2.94. The SMILES string of the molecule is NC(=O)C(=O)Nc1cc(Br)cs1. The Balaban J connectivity index is 2.64. The maximum absolute atomic E-state index is 10.7. The van der Waals surface area contributed by atoms with Gasteiger partial charge in [0.25, 0.3) is 0 Å². The van der Waals surface area contributed by atoms with Gasteiger partial charge >= 0.3 is 11.8 Å². The largest absolute Gasteiger partial charge is 0.361 e. The number of primary amides is 1. The van der Waals surface area contributed by atoms with Crippen LogP contribution in [0.2, 0.25) is 0 Å². The predicted octanol–water partition coefficient (Wildman–Crippen LogP) is 0.934. The van der Waals surface area contributed by atoms with Crippen LogP contribution in [0.15, 0.2) is 15.9 Å². The van der Waals surface area contributed by atoms with Gasteiger partial charge in [-0.05, 0) is 22.0 Å². The molecule has 0 fully saturated rings. The van der Waals surface area contributed by atoms with Crippen molar-refractivity contribution >= 4 is 44.1 Å². The lowest BCUT2D eigenvalue weighted by Gasteiger charge is -1.95. The van der Waals surface area contributed by atoms with Crippen molar-refractivity contribution in [1.29, 1.82) is 0 Å². The lowest BCUT2D eigenvalue weighted by atomic mass is 10.5. The second-order valence-corrected chi connectivity index (χ2v) is 3.77. The van der Waals surface area contributed by atoms with Gasteiger partial charge in [0.15, 0.2) is 0 Å². The Kier molecular flexibility index (Phi) is 2.83. The van der Waals surface area contributed by atoms with Crippen LogP contribution in [0.1, 0.15) is 0 Å². The van der Waals surface area contributed by atoms with Gasteiger partial charge < -0.3 is 11.1 Å². The molecule has 0 saturated carbocycles. The quantitative estimate of drug-likeness (QED) is 0.727. The second-order valence-electron chi connectivity index (χ2n) is 1.95. The van der Waals surface area contributed by atoms with E-state index in [0.717, 1.165) is 4.47 Å². The number of hydrogen-bond donors (Lipinski definition) is 2. The Bertz CT molecular complexity index is 323. The molecule has 1 rings (SSSR count). The Morgan fingerprint density at radius 3 is 2.67 bits per heavy atom. The number of amides is 2. The number of nitrogens with one attached hydrogen (secondary N) is 1. The van der Waals surface area contributed by atoms with Gasteiger partial charge in [0.2, 0.25) is 0 Å². The molecule has 0 aliphatic carbocycles. The highest BCUT2D eigenvalue weighted by molar-refractivity contribution is 9.10. The average molecular weight is 249 g/mol. The van der Waals surface area contributed by atoms with Crippen LogP contribution in [0.3, 0.4) is 0 Å². The highest BCUT2D eigenvalue weighted by Gasteiger charge is 2.09. The van der Waals surface area contributed by atoms with Crippen LogP contribution in [0.25, 0.3) is 0 Å². The average Bonchev–Trinajstić information content (AvgIpc) is 2.35. The van der Waals surface area contributed by atoms with Gasteiger partial charge in [-0.3, -0.25) is 9.59 Å². The third-order valence-electron chi connectivity index (χ3n) is 1.03. The first-order chi connectivity index (χ1) is 5.59. The van der Waals surface area contributed by atoms with E-state index in [1.807, 2.05) is 0 Å². The minimum absolute atomic E-state index is 0.589. The summed E-state index contributed by atoms with van der Waals surface area (Å²) in [5, 5.41) is 4.71. The number of anilines is 1. The fraction of sp³-hybridized carbons (Fsp3) is 0. The van der Waals surface area contributed by atoms with Crippen molar-refractivity contribution in [2.45, 2.75) is 0 Å². The number of carbonyl (C=O) groups excluding carboxylic acids is 2. The molecular weight excluding hydrogens is 244 g/mol. The Labute approximate surface area is 80.9 Å². The minimum atomic E-state index is -0.987. The summed E-state index contributed by atoms with van der Waals surface area (Å²) < 4.78 is 0.854. The van der Waals surface area contributed by atoms with Crippen molar-refractivity contribution in [3.8, 4) is 0 Å². The van der Waals surface area contributed by atoms with E-state index in [1.54, 1.807) is 11.4 Å². The van der Waals surface area contributed by atoms with E-state index >= 15 is 0 Å². The van der Waals surface area contributed by atoms with Crippen molar-refractivity contribution in [2.75, 3.05) is 5.32 Å². The zero-order valence-electron chi connectivity index (χ0n) is 5.83. The zero-order chi connectivity index (χ0) is 9.14. The highest BCUT2D eigenvalue weighted by atomic mass is 79.9. The summed E-state index contributed by atoms with van der Waals surface area (Å²) in [6.45, 7) is 0. The molecule has 0 aliphatic heterocycles. The Hall–Kier alpha value is -0.880. The summed E-state index contributed by atoms with van der Waals surface area (Å²) >= 11 is 4.51. The Morgan fingerprint density at radius 2 is 2.25 bits per heavy atom. The van der Waals surface area contributed by atoms with E-state index in [1.165, 1.54) is 11.3 Å². The summed E-state index contributed by atoms with van der Waals surface area (Å²) in [6.07, 6.45) is 0. The number of hydrogen-bond acceptors (Lipinski definition) is 3. The van der Waals surface area contributed by atoms with Crippen LogP contribution >= 0.6 is 27.3 Å². The summed E-state index contributed by atoms with van der Waals surface area (Å²) in [7, 11) is 0. The van der Waals surface area contributed by atoms with Crippen molar-refractivity contribution in [3.63, 3.8) is 0 Å². The van der Waals surface area contributed by atoms with Gasteiger partial charge in [-0.25, -0.2) is 0 Å². The second kappa shape index (κ2) is 3.68. The number of nitrogens with two attached hydrogens (primary N) is 1. The van der Waals surface area contributed by atoms with Crippen LogP contribution in [0.4, 0.5) is 5.00 Å². The van der Waals surface area contributed by atoms with Crippen LogP contribution in [0, 0.1) is 0 Å². The molecule has 0 aromatic carbocycles. The van der Waals surface area contributed by atoms with Crippen LogP contribution < -0.4 is 11.1 Å². The first-order valence-corrected chi connectivity index (χ1v) is 4.61. The lowest BCUT2D eigenvalue weighted by Crippen LogP contribution is -2.29. The summed E-state index contributed by atoms with van der Waals surface area (Å²) in [6, 6.07) is 1.69. The molecule has 1 heterocycles. The molecule has 3 N–H and O–H groups in total. The van der Waals surface area contributed by atoms with Gasteiger partial charge in [0.05, 0.1) is 5.00 Å². The number of thiophene rings is 1. The number of rotatable bonds is 1. The van der Waals surface area contributed by atoms with Crippen molar-refractivity contribution in [2.24, 2.45) is 5.73 Å². The molecule has 1 aromatic rings. The molecule has 0 saturated heterocycles. The molecule has 12 heavy (non-hydrogen) atoms. The molecule has 0 spiro atoms. The third-order valence-corrected chi connectivity index (χ3v) is 2.63. The highest BCUT2D eigenvalue weighted by Crippen LogP contribution is 2.24. The fourth-order valence-corrected chi connectivity index (χ4v) is 1.87. The summed E-state index contributed by atoms with van der Waals surface area (Å²) in [5.74, 6) is -1.79. The van der Waals surface area contributed by atoms with Gasteiger partial charge in [0, 0.05) is 9.85 Å². The van der Waals surface area contributed by atoms with E-state index in [9.17, 15) is 9.59 Å². The smallest absolute Gasteiger partial charge is 0.314 e. The minimum Gasteiger partial charge on any atom is -0.361 e. The molecule has 1 aromatic heterocycles. The van der Waals surface area contributed by atoms with E-state index < -0.39 is 11.8 Å². The van der Waals surface area contributed by atoms with E-state index in [2.05, 4.69) is 21.2 Å². The number of carbonyl (C=O) groups is 2. The molecule has 6 heteroatoms. The molecule has 0 atom stereocenters. The van der Waals surface area contributed by atoms with E-state index in [4.69, 9.17) is 5.73 Å². The van der Waals surface area contributed by atoms with Crippen molar-refractivity contribution in [3.05, 3.63) is 15.9 Å². The molecule has 0 bridgehead atoms. The normalized spacial score (nSPS) is 9.42. The topological polar surface area (TPSA) is 72.2 Å². The molecule has 64 valence electrons. The molecule has 2 amide bonds. The van der Waals surface area contributed by atoms with Crippen LogP contribution in [0.5, 0.6) is 0 Å². The maximum atomic E-state index is 10.7. The molecule has 4 nitrogen and oxygen atoms in total. The van der Waals surface area contributed by atoms with Crippen LogP contribution in [-0.2, 0) is 9.59 Å². The number of halogens is 1. The van der Waals surface area contributed by atoms with Crippen molar-refractivity contribution in [1.82, 2.24) is 0 Å². The molecule has 0 aliphatic rings. The van der Waals surface area contributed by atoms with Crippen LogP contribution in [-0.4, -0.2) is 11.8 Å². The molecular formula is C6H5BrN2O2S. The van der Waals surface area contributed by atoms with Gasteiger partial charge in [-0.15, -0.1) is 11.3 Å². The molecule has 0 unspecified atom stereocenters. The zero-order valence-corrected chi connectivity index (χ0v) is 8.24. The first kappa shape index (κ1) is 9.21. The fourth-order valence-electron chi connectivity index (χ4n) is 0.552. The van der Waals surface area contributed by atoms with Gasteiger partial charge in [-0.1, -0.05) is 0 Å². The monoisotopic (exact) mass is 248 g/mol. The van der Waals surface area contributed by atoms with E-state index in [0.29, 0.717) is 5.00 Å².